The Morgan fingerprint density at radius 1 is 1.05 bits per heavy atom. The first kappa shape index (κ1) is 13.6. The predicted molar refractivity (Wildman–Crippen MR) is 72.8 cm³/mol. The van der Waals surface area contributed by atoms with E-state index in [-0.39, 0.29) is 12.2 Å². The average Bonchev–Trinajstić information content (AvgIpc) is 2.42. The number of hydrogen-bond acceptors (Lipinski definition) is 2. The van der Waals surface area contributed by atoms with E-state index < -0.39 is 11.9 Å². The molecule has 2 aromatic carbocycles. The highest BCUT2D eigenvalue weighted by Crippen LogP contribution is 2.21. The maximum Gasteiger partial charge on any atom is 0.168 e. The molecule has 2 rings (SSSR count). The van der Waals surface area contributed by atoms with Crippen LogP contribution in [0.3, 0.4) is 0 Å². The van der Waals surface area contributed by atoms with Crippen LogP contribution in [0.1, 0.15) is 11.1 Å². The molecule has 0 heterocycles. The van der Waals surface area contributed by atoms with Gasteiger partial charge in [-0.3, -0.25) is 0 Å². The van der Waals surface area contributed by atoms with Gasteiger partial charge in [0.1, 0.15) is 0 Å². The monoisotopic (exact) mass is 260 g/mol. The van der Waals surface area contributed by atoms with Gasteiger partial charge < -0.3 is 9.84 Å². The highest BCUT2D eigenvalue weighted by Gasteiger charge is 2.13. The van der Waals surface area contributed by atoms with E-state index in [1.807, 2.05) is 30.3 Å². The van der Waals surface area contributed by atoms with E-state index in [2.05, 4.69) is 0 Å². The lowest BCUT2D eigenvalue weighted by Gasteiger charge is -2.12. The lowest BCUT2D eigenvalue weighted by molar-refractivity contribution is 0.174. The number of hydrogen-bond donors (Lipinski definition) is 1. The van der Waals surface area contributed by atoms with Crippen molar-refractivity contribution >= 4 is 0 Å². The second-order valence-electron chi connectivity index (χ2n) is 4.48. The fourth-order valence-electron chi connectivity index (χ4n) is 2.08. The van der Waals surface area contributed by atoms with Crippen LogP contribution in [0.4, 0.5) is 4.39 Å². The molecule has 100 valence electrons. The number of benzene rings is 2. The van der Waals surface area contributed by atoms with E-state index in [4.69, 9.17) is 4.74 Å². The van der Waals surface area contributed by atoms with Gasteiger partial charge in [0.05, 0.1) is 13.2 Å². The molecule has 3 heteroatoms. The van der Waals surface area contributed by atoms with Gasteiger partial charge in [0.2, 0.25) is 0 Å². The van der Waals surface area contributed by atoms with Crippen molar-refractivity contribution in [3.05, 3.63) is 65.5 Å². The summed E-state index contributed by atoms with van der Waals surface area (Å²) < 4.78 is 18.9. The van der Waals surface area contributed by atoms with Crippen molar-refractivity contribution < 1.29 is 14.2 Å². The van der Waals surface area contributed by atoms with Gasteiger partial charge >= 0.3 is 0 Å². The molecule has 0 saturated carbocycles. The summed E-state index contributed by atoms with van der Waals surface area (Å²) in [5.74, 6) is -0.179. The molecule has 1 atom stereocenters. The van der Waals surface area contributed by atoms with Gasteiger partial charge in [0, 0.05) is 6.42 Å². The Morgan fingerprint density at radius 3 is 2.47 bits per heavy atom. The lowest BCUT2D eigenvalue weighted by atomic mass is 10.0. The summed E-state index contributed by atoms with van der Waals surface area (Å²) in [5, 5.41) is 10.0. The zero-order valence-corrected chi connectivity index (χ0v) is 10.8. The standard InChI is InChI=1S/C16H17FO2/c1-19-15-9-5-8-13(16(15)17)11-14(18)10-12-6-3-2-4-7-12/h2-9,14,18H,10-11H2,1H3. The fraction of sp³-hybridized carbons (Fsp3) is 0.250. The molecule has 0 aliphatic carbocycles. The number of methoxy groups -OCH3 is 1. The molecule has 0 amide bonds. The molecule has 0 radical (unpaired) electrons. The van der Waals surface area contributed by atoms with Gasteiger partial charge in [0.15, 0.2) is 11.6 Å². The van der Waals surface area contributed by atoms with Crippen LogP contribution in [-0.2, 0) is 12.8 Å². The van der Waals surface area contributed by atoms with Crippen LogP contribution in [0.5, 0.6) is 5.75 Å². The Balaban J connectivity index is 2.05. The van der Waals surface area contributed by atoms with Crippen molar-refractivity contribution in [1.29, 1.82) is 0 Å². The quantitative estimate of drug-likeness (QED) is 0.895. The molecule has 0 fully saturated rings. The first-order chi connectivity index (χ1) is 9.20. The summed E-state index contributed by atoms with van der Waals surface area (Å²) in [7, 11) is 1.43. The minimum absolute atomic E-state index is 0.212. The summed E-state index contributed by atoms with van der Waals surface area (Å²) in [6.07, 6.45) is 0.180. The number of aliphatic hydroxyl groups excluding tert-OH is 1. The van der Waals surface area contributed by atoms with Crippen LogP contribution in [-0.4, -0.2) is 18.3 Å². The molecule has 0 aromatic heterocycles. The number of rotatable bonds is 5. The van der Waals surface area contributed by atoms with Gasteiger partial charge in [-0.25, -0.2) is 4.39 Å². The SMILES string of the molecule is COc1cccc(CC(O)Cc2ccccc2)c1F. The van der Waals surface area contributed by atoms with Crippen LogP contribution in [0.25, 0.3) is 0 Å². The zero-order valence-electron chi connectivity index (χ0n) is 10.8. The van der Waals surface area contributed by atoms with Crippen molar-refractivity contribution in [2.45, 2.75) is 18.9 Å². The minimum atomic E-state index is -0.607. The van der Waals surface area contributed by atoms with Crippen LogP contribution in [0, 0.1) is 5.82 Å². The number of halogens is 1. The van der Waals surface area contributed by atoms with E-state index >= 15 is 0 Å². The molecule has 0 aliphatic rings. The number of aliphatic hydroxyl groups is 1. The molecule has 2 nitrogen and oxygen atoms in total. The number of ether oxygens (including phenoxy) is 1. The van der Waals surface area contributed by atoms with Crippen LogP contribution in [0.2, 0.25) is 0 Å². The van der Waals surface area contributed by atoms with Gasteiger partial charge in [-0.2, -0.15) is 0 Å². The van der Waals surface area contributed by atoms with Gasteiger partial charge in [-0.1, -0.05) is 42.5 Å². The van der Waals surface area contributed by atoms with Crippen molar-refractivity contribution in [2.75, 3.05) is 7.11 Å². The van der Waals surface area contributed by atoms with Crippen LogP contribution >= 0.6 is 0 Å². The predicted octanol–water partition coefficient (Wildman–Crippen LogP) is 2.98. The highest BCUT2D eigenvalue weighted by molar-refractivity contribution is 5.31. The van der Waals surface area contributed by atoms with Crippen LogP contribution < -0.4 is 4.74 Å². The second-order valence-corrected chi connectivity index (χ2v) is 4.48. The molecule has 0 aliphatic heterocycles. The normalized spacial score (nSPS) is 12.2. The zero-order chi connectivity index (χ0) is 13.7. The molecule has 0 spiro atoms. The summed E-state index contributed by atoms with van der Waals surface area (Å²) in [4.78, 5) is 0. The van der Waals surface area contributed by atoms with Crippen molar-refractivity contribution in [3.8, 4) is 5.75 Å². The van der Waals surface area contributed by atoms with Gasteiger partial charge in [0.25, 0.3) is 0 Å². The largest absolute Gasteiger partial charge is 0.494 e. The third-order valence-corrected chi connectivity index (χ3v) is 3.03. The minimum Gasteiger partial charge on any atom is -0.494 e. The summed E-state index contributed by atoms with van der Waals surface area (Å²) in [6, 6.07) is 14.7. The van der Waals surface area contributed by atoms with Crippen molar-refractivity contribution in [1.82, 2.24) is 0 Å². The Labute approximate surface area is 112 Å². The molecule has 0 saturated heterocycles. The summed E-state index contributed by atoms with van der Waals surface area (Å²) in [5.41, 5.74) is 1.51. The highest BCUT2D eigenvalue weighted by atomic mass is 19.1. The van der Waals surface area contributed by atoms with E-state index in [1.165, 1.54) is 7.11 Å². The van der Waals surface area contributed by atoms with Gasteiger partial charge in [-0.05, 0) is 23.6 Å². The third-order valence-electron chi connectivity index (χ3n) is 3.03. The topological polar surface area (TPSA) is 29.5 Å². The first-order valence-corrected chi connectivity index (χ1v) is 6.24. The maximum atomic E-state index is 13.9. The van der Waals surface area contributed by atoms with E-state index in [1.54, 1.807) is 18.2 Å². The Kier molecular flexibility index (Phi) is 4.53. The fourth-order valence-corrected chi connectivity index (χ4v) is 2.08. The third kappa shape index (κ3) is 3.55. The van der Waals surface area contributed by atoms with Crippen molar-refractivity contribution in [3.63, 3.8) is 0 Å². The second kappa shape index (κ2) is 6.34. The maximum absolute atomic E-state index is 13.9. The van der Waals surface area contributed by atoms with Crippen molar-refractivity contribution in [2.24, 2.45) is 0 Å². The molecule has 1 N–H and O–H groups in total. The molecular formula is C16H17FO2. The van der Waals surface area contributed by atoms with E-state index in [0.29, 0.717) is 12.0 Å². The van der Waals surface area contributed by atoms with E-state index in [9.17, 15) is 9.50 Å². The molecule has 19 heavy (non-hydrogen) atoms. The Hall–Kier alpha value is -1.87. The first-order valence-electron chi connectivity index (χ1n) is 6.24. The summed E-state index contributed by atoms with van der Waals surface area (Å²) in [6.45, 7) is 0. The molecule has 1 unspecified atom stereocenters. The smallest absolute Gasteiger partial charge is 0.168 e. The van der Waals surface area contributed by atoms with Gasteiger partial charge in [-0.15, -0.1) is 0 Å². The molecule has 2 aromatic rings. The van der Waals surface area contributed by atoms with E-state index in [0.717, 1.165) is 5.56 Å². The van der Waals surface area contributed by atoms with Crippen LogP contribution in [0.15, 0.2) is 48.5 Å². The summed E-state index contributed by atoms with van der Waals surface area (Å²) >= 11 is 0. The molecular weight excluding hydrogens is 243 g/mol. The Morgan fingerprint density at radius 2 is 1.79 bits per heavy atom. The molecule has 0 bridgehead atoms. The Bertz CT molecular complexity index is 526. The average molecular weight is 260 g/mol. The lowest BCUT2D eigenvalue weighted by Crippen LogP contribution is -2.15.